The number of rotatable bonds is 6. The van der Waals surface area contributed by atoms with Crippen LogP contribution in [0.3, 0.4) is 0 Å². The molecule has 9 nitrogen and oxygen atoms in total. The van der Waals surface area contributed by atoms with Gasteiger partial charge in [0.25, 0.3) is 5.91 Å². The molecule has 3 N–H and O–H groups in total. The molecule has 0 aliphatic rings. The van der Waals surface area contributed by atoms with Crippen molar-refractivity contribution in [1.82, 2.24) is 20.1 Å². The fourth-order valence-electron chi connectivity index (χ4n) is 2.71. The van der Waals surface area contributed by atoms with Gasteiger partial charge in [-0.25, -0.2) is 4.99 Å². The Morgan fingerprint density at radius 3 is 2.77 bits per heavy atom. The standard InChI is InChI=1S/C20H25ClN8O/c1-6-25-18(23)29-16(27-19(24-5)28-29)7-12(2)26-17(30)13-8-14(10-15(21)9-13)20(3,4)11-22/h6,8-10,12,23H,7H2,1-5H3,(H,24,28)(H,26,30)/b23-18?,25-6-/t12-/m0/s1. The maximum atomic E-state index is 12.8. The smallest absolute Gasteiger partial charge is 0.251 e. The summed E-state index contributed by atoms with van der Waals surface area (Å²) in [6.45, 7) is 7.07. The second kappa shape index (κ2) is 9.50. The molecule has 1 atom stereocenters. The zero-order valence-electron chi connectivity index (χ0n) is 17.6. The van der Waals surface area contributed by atoms with Gasteiger partial charge in [-0.3, -0.25) is 10.2 Å². The number of aromatic nitrogens is 3. The third-order valence-electron chi connectivity index (χ3n) is 4.38. The van der Waals surface area contributed by atoms with E-state index in [1.165, 1.54) is 10.9 Å². The molecule has 0 bridgehead atoms. The van der Waals surface area contributed by atoms with Crippen molar-refractivity contribution in [3.8, 4) is 6.07 Å². The minimum atomic E-state index is -0.772. The maximum absolute atomic E-state index is 12.8. The number of carbonyl (C=O) groups excluding carboxylic acids is 1. The van der Waals surface area contributed by atoms with Gasteiger partial charge in [-0.2, -0.15) is 14.9 Å². The molecule has 158 valence electrons. The molecule has 0 saturated carbocycles. The number of anilines is 1. The number of hydrogen-bond donors (Lipinski definition) is 3. The summed E-state index contributed by atoms with van der Waals surface area (Å²) >= 11 is 6.17. The first-order chi connectivity index (χ1) is 14.1. The Morgan fingerprint density at radius 2 is 2.17 bits per heavy atom. The van der Waals surface area contributed by atoms with Crippen LogP contribution in [0.1, 0.15) is 49.4 Å². The van der Waals surface area contributed by atoms with E-state index >= 15 is 0 Å². The topological polar surface area (TPSA) is 132 Å². The largest absolute Gasteiger partial charge is 0.356 e. The SMILES string of the molecule is C/C=N\C(=N)n1nc(NC)nc1C[C@H](C)NC(=O)c1cc(Cl)cc(C(C)(C)C#N)c1. The Labute approximate surface area is 180 Å². The minimum absolute atomic E-state index is 0.0711. The van der Waals surface area contributed by atoms with Crippen molar-refractivity contribution in [3.63, 3.8) is 0 Å². The van der Waals surface area contributed by atoms with E-state index in [-0.39, 0.29) is 17.9 Å². The van der Waals surface area contributed by atoms with Crippen LogP contribution >= 0.6 is 11.6 Å². The Morgan fingerprint density at radius 1 is 1.47 bits per heavy atom. The number of hydrogen-bond acceptors (Lipinski definition) is 6. The average molecular weight is 429 g/mol. The van der Waals surface area contributed by atoms with E-state index in [1.54, 1.807) is 46.0 Å². The van der Waals surface area contributed by atoms with Crippen molar-refractivity contribution in [2.24, 2.45) is 4.99 Å². The van der Waals surface area contributed by atoms with Crippen molar-refractivity contribution >= 4 is 35.6 Å². The highest BCUT2D eigenvalue weighted by molar-refractivity contribution is 6.31. The Balaban J connectivity index is 2.21. The van der Waals surface area contributed by atoms with Crippen LogP contribution in [-0.2, 0) is 11.8 Å². The van der Waals surface area contributed by atoms with Gasteiger partial charge in [0.05, 0.1) is 11.5 Å². The van der Waals surface area contributed by atoms with Crippen molar-refractivity contribution in [2.45, 2.75) is 45.6 Å². The van der Waals surface area contributed by atoms with Crippen LogP contribution < -0.4 is 10.6 Å². The number of halogens is 1. The first-order valence-electron chi connectivity index (χ1n) is 9.35. The molecule has 0 saturated heterocycles. The van der Waals surface area contributed by atoms with Crippen molar-refractivity contribution in [3.05, 3.63) is 40.2 Å². The molecule has 0 fully saturated rings. The lowest BCUT2D eigenvalue weighted by molar-refractivity contribution is 0.0939. The lowest BCUT2D eigenvalue weighted by Crippen LogP contribution is -2.35. The van der Waals surface area contributed by atoms with E-state index in [1.807, 2.05) is 6.92 Å². The highest BCUT2D eigenvalue weighted by Gasteiger charge is 2.23. The predicted octanol–water partition coefficient (Wildman–Crippen LogP) is 3.01. The molecule has 0 unspecified atom stereocenters. The van der Waals surface area contributed by atoms with Crippen LogP contribution in [0.25, 0.3) is 0 Å². The minimum Gasteiger partial charge on any atom is -0.356 e. The quantitative estimate of drug-likeness (QED) is 0.480. The number of nitriles is 1. The summed E-state index contributed by atoms with van der Waals surface area (Å²) in [4.78, 5) is 21.0. The zero-order chi connectivity index (χ0) is 22.5. The van der Waals surface area contributed by atoms with Gasteiger partial charge < -0.3 is 10.6 Å². The summed E-state index contributed by atoms with van der Waals surface area (Å²) in [5.74, 6) is 0.456. The van der Waals surface area contributed by atoms with Gasteiger partial charge in [0.2, 0.25) is 11.9 Å². The van der Waals surface area contributed by atoms with Crippen LogP contribution in [0.15, 0.2) is 23.2 Å². The molecule has 1 aromatic carbocycles. The lowest BCUT2D eigenvalue weighted by Gasteiger charge is -2.18. The van der Waals surface area contributed by atoms with E-state index in [0.29, 0.717) is 34.3 Å². The molecule has 1 aromatic heterocycles. The molecule has 0 spiro atoms. The lowest BCUT2D eigenvalue weighted by atomic mass is 9.85. The molecule has 1 amide bonds. The molecule has 2 aromatic rings. The van der Waals surface area contributed by atoms with Crippen LogP contribution in [0, 0.1) is 16.7 Å². The first kappa shape index (κ1) is 23.0. The molecule has 1 heterocycles. The fourth-order valence-corrected chi connectivity index (χ4v) is 2.94. The van der Waals surface area contributed by atoms with Crippen molar-refractivity contribution < 1.29 is 4.79 Å². The Kier molecular flexibility index (Phi) is 7.29. The highest BCUT2D eigenvalue weighted by atomic mass is 35.5. The number of nitrogens with zero attached hydrogens (tertiary/aromatic N) is 5. The fraction of sp³-hybridized carbons (Fsp3) is 0.400. The Bertz CT molecular complexity index is 1020. The number of carbonyl (C=O) groups is 1. The zero-order valence-corrected chi connectivity index (χ0v) is 18.4. The Hall–Kier alpha value is -3.25. The van der Waals surface area contributed by atoms with Crippen LogP contribution in [-0.4, -0.2) is 45.9 Å². The molecule has 10 heteroatoms. The van der Waals surface area contributed by atoms with Crippen molar-refractivity contribution in [2.75, 3.05) is 12.4 Å². The molecule has 30 heavy (non-hydrogen) atoms. The number of aliphatic imine (C=N–C) groups is 1. The second-order valence-corrected chi connectivity index (χ2v) is 7.70. The molecule has 0 aliphatic carbocycles. The maximum Gasteiger partial charge on any atom is 0.251 e. The summed E-state index contributed by atoms with van der Waals surface area (Å²) in [7, 11) is 1.68. The predicted molar refractivity (Wildman–Crippen MR) is 118 cm³/mol. The average Bonchev–Trinajstić information content (AvgIpc) is 3.10. The molecule has 0 aliphatic heterocycles. The normalized spacial score (nSPS) is 12.4. The third kappa shape index (κ3) is 5.42. The molecule has 0 radical (unpaired) electrons. The van der Waals surface area contributed by atoms with E-state index in [9.17, 15) is 10.1 Å². The van der Waals surface area contributed by atoms with E-state index in [4.69, 9.17) is 17.0 Å². The summed E-state index contributed by atoms with van der Waals surface area (Å²) < 4.78 is 1.32. The molecular formula is C20H25ClN8O. The van der Waals surface area contributed by atoms with Gasteiger partial charge >= 0.3 is 0 Å². The second-order valence-electron chi connectivity index (χ2n) is 7.27. The van der Waals surface area contributed by atoms with Gasteiger partial charge in [-0.05, 0) is 51.5 Å². The van der Waals surface area contributed by atoms with Crippen molar-refractivity contribution in [1.29, 1.82) is 10.7 Å². The highest BCUT2D eigenvalue weighted by Crippen LogP contribution is 2.26. The van der Waals surface area contributed by atoms with Crippen LogP contribution in [0.2, 0.25) is 5.02 Å². The monoisotopic (exact) mass is 428 g/mol. The number of nitrogens with one attached hydrogen (secondary N) is 3. The summed E-state index contributed by atoms with van der Waals surface area (Å²) in [5, 5.41) is 27.7. The number of amides is 1. The van der Waals surface area contributed by atoms with Gasteiger partial charge in [-0.1, -0.05) is 11.6 Å². The number of benzene rings is 1. The third-order valence-corrected chi connectivity index (χ3v) is 4.60. The van der Waals surface area contributed by atoms with E-state index in [0.717, 1.165) is 0 Å². The molecular weight excluding hydrogens is 404 g/mol. The van der Waals surface area contributed by atoms with Gasteiger partial charge in [0.1, 0.15) is 5.82 Å². The van der Waals surface area contributed by atoms with Crippen LogP contribution in [0.4, 0.5) is 5.95 Å². The summed E-state index contributed by atoms with van der Waals surface area (Å²) in [6.07, 6.45) is 1.83. The van der Waals surface area contributed by atoms with Gasteiger partial charge in [-0.15, -0.1) is 5.10 Å². The van der Waals surface area contributed by atoms with E-state index in [2.05, 4.69) is 31.8 Å². The van der Waals surface area contributed by atoms with E-state index < -0.39 is 5.41 Å². The first-order valence-corrected chi connectivity index (χ1v) is 9.73. The summed E-state index contributed by atoms with van der Waals surface area (Å²) in [5.41, 5.74) is 0.263. The van der Waals surface area contributed by atoms with Gasteiger partial charge in [0, 0.05) is 36.3 Å². The van der Waals surface area contributed by atoms with Crippen LogP contribution in [0.5, 0.6) is 0 Å². The molecule has 2 rings (SSSR count). The summed E-state index contributed by atoms with van der Waals surface area (Å²) in [6, 6.07) is 6.82. The van der Waals surface area contributed by atoms with Gasteiger partial charge in [0.15, 0.2) is 0 Å².